The molecule has 2 N–H and O–H groups in total. The van der Waals surface area contributed by atoms with E-state index in [2.05, 4.69) is 0 Å². The Labute approximate surface area is 61.1 Å². The fourth-order valence-corrected chi connectivity index (χ4v) is 0. The summed E-state index contributed by atoms with van der Waals surface area (Å²) in [5.41, 5.74) is 0. The zero-order valence-corrected chi connectivity index (χ0v) is 7.35. The van der Waals surface area contributed by atoms with Gasteiger partial charge in [0.2, 0.25) is 12.2 Å². The normalized spacial score (nSPS) is 3.00. The summed E-state index contributed by atoms with van der Waals surface area (Å²) in [5.74, 6) is 0. The zero-order chi connectivity index (χ0) is 9.41. The van der Waals surface area contributed by atoms with Crippen LogP contribution in [0.3, 0.4) is 0 Å². The molecular weight excluding hydrogens is 155 g/mol. The van der Waals surface area contributed by atoms with Crippen molar-refractivity contribution < 1.29 is 14.2 Å². The predicted octanol–water partition coefficient (Wildman–Crippen LogP) is 0.767. The van der Waals surface area contributed by atoms with Crippen LogP contribution in [0, 0.1) is 10.8 Å². The molecular formula is C4H11N2O3P. The fraction of sp³-hybridized carbons (Fsp3) is 0.500. The quantitative estimate of drug-likeness (QED) is 0.315. The van der Waals surface area contributed by atoms with Crippen LogP contribution >= 0.6 is 9.12 Å². The van der Waals surface area contributed by atoms with Crippen LogP contribution in [0.4, 0.5) is 0 Å². The first-order chi connectivity index (χ1) is 4.83. The topological polar surface area (TPSA) is 98.9 Å². The van der Waals surface area contributed by atoms with E-state index in [1.165, 1.54) is 0 Å². The van der Waals surface area contributed by atoms with Crippen molar-refractivity contribution in [2.24, 2.45) is 0 Å². The molecule has 0 saturated heterocycles. The molecule has 0 aromatic carbocycles. The van der Waals surface area contributed by atoms with Crippen LogP contribution in [0.5, 0.6) is 0 Å². The third-order valence-corrected chi connectivity index (χ3v) is 0. The lowest BCUT2D eigenvalue weighted by molar-refractivity contribution is 0.562. The molecule has 0 radical (unpaired) electrons. The highest BCUT2D eigenvalue weighted by molar-refractivity contribution is 7.00. The van der Waals surface area contributed by atoms with Gasteiger partial charge in [-0.25, -0.2) is 20.4 Å². The van der Waals surface area contributed by atoms with Gasteiger partial charge in [0, 0.05) is 0 Å². The lowest BCUT2D eigenvalue weighted by Gasteiger charge is -1.07. The van der Waals surface area contributed by atoms with Crippen LogP contribution in [-0.2, 0) is 14.2 Å². The SMILES string of the molecule is CC.N=C=O.N=C=O.O=[PH3]. The summed E-state index contributed by atoms with van der Waals surface area (Å²) in [6.07, 6.45) is 1.50. The van der Waals surface area contributed by atoms with Gasteiger partial charge in [-0.3, -0.25) is 0 Å². The number of rotatable bonds is 0. The molecule has 0 rings (SSSR count). The van der Waals surface area contributed by atoms with Crippen molar-refractivity contribution in [1.29, 1.82) is 10.8 Å². The third kappa shape index (κ3) is 246. The molecule has 0 aromatic heterocycles. The average Bonchev–Trinajstić information content (AvgIpc) is 1.99. The minimum Gasteiger partial charge on any atom is -0.333 e. The molecule has 10 heavy (non-hydrogen) atoms. The molecule has 0 aliphatic carbocycles. The Kier molecular flexibility index (Phi) is 918. The molecule has 1 atom stereocenters. The molecule has 1 unspecified atom stereocenters. The van der Waals surface area contributed by atoms with E-state index >= 15 is 0 Å². The predicted molar refractivity (Wildman–Crippen MR) is 40.0 cm³/mol. The number of nitrogens with one attached hydrogen (secondary N) is 2. The van der Waals surface area contributed by atoms with Crippen molar-refractivity contribution in [2.45, 2.75) is 13.8 Å². The maximum atomic E-state index is 8.35. The molecule has 0 saturated carbocycles. The van der Waals surface area contributed by atoms with E-state index < -0.39 is 0 Å². The van der Waals surface area contributed by atoms with Gasteiger partial charge in [-0.05, 0) is 0 Å². The van der Waals surface area contributed by atoms with E-state index in [-0.39, 0.29) is 0 Å². The minimum absolute atomic E-state index is 0.611. The van der Waals surface area contributed by atoms with Crippen LogP contribution < -0.4 is 0 Å². The van der Waals surface area contributed by atoms with Crippen LogP contribution in [0.25, 0.3) is 0 Å². The van der Waals surface area contributed by atoms with Gasteiger partial charge in [-0.1, -0.05) is 13.8 Å². The fourth-order valence-electron chi connectivity index (χ4n) is 0. The Hall–Kier alpha value is -1.01. The first-order valence-electron chi connectivity index (χ1n) is 2.20. The minimum atomic E-state index is 0.611. The first kappa shape index (κ1) is 23.0. The molecule has 0 aromatic rings. The molecule has 5 nitrogen and oxygen atoms in total. The first-order valence-corrected chi connectivity index (χ1v) is 2.77. The van der Waals surface area contributed by atoms with E-state index in [1.54, 1.807) is 0 Å². The number of hydrogen-bond donors (Lipinski definition) is 2. The lowest BCUT2D eigenvalue weighted by atomic mass is 11.0. The Morgan fingerprint density at radius 2 is 1.00 bits per heavy atom. The van der Waals surface area contributed by atoms with E-state index in [0.717, 1.165) is 12.2 Å². The van der Waals surface area contributed by atoms with Crippen molar-refractivity contribution in [3.63, 3.8) is 0 Å². The second-order valence-corrected chi connectivity index (χ2v) is 0.204. The second-order valence-electron chi connectivity index (χ2n) is 0.204. The highest BCUT2D eigenvalue weighted by Gasteiger charge is 1.04. The third-order valence-electron chi connectivity index (χ3n) is 0. The molecule has 0 fully saturated rings. The molecule has 0 aliphatic heterocycles. The number of carbonyl (C=O) groups excluding carboxylic acids is 2. The zero-order valence-electron chi connectivity index (χ0n) is 5.93. The summed E-state index contributed by atoms with van der Waals surface area (Å²) in [6, 6.07) is 0. The van der Waals surface area contributed by atoms with Gasteiger partial charge in [-0.2, -0.15) is 0 Å². The van der Waals surface area contributed by atoms with Crippen molar-refractivity contribution in [2.75, 3.05) is 0 Å². The van der Waals surface area contributed by atoms with E-state index in [9.17, 15) is 0 Å². The Balaban J connectivity index is -0.0000000246. The summed E-state index contributed by atoms with van der Waals surface area (Å²) in [5, 5.41) is 10.8. The largest absolute Gasteiger partial charge is 0.333 e. The molecule has 0 amide bonds. The summed E-state index contributed by atoms with van der Waals surface area (Å²) >= 11 is 0. The maximum absolute atomic E-state index is 8.35. The van der Waals surface area contributed by atoms with Crippen LogP contribution in [0.1, 0.15) is 13.8 Å². The van der Waals surface area contributed by atoms with Crippen LogP contribution in [-0.4, -0.2) is 12.2 Å². The Morgan fingerprint density at radius 3 is 1.00 bits per heavy atom. The van der Waals surface area contributed by atoms with Gasteiger partial charge in [0.1, 0.15) is 0 Å². The summed E-state index contributed by atoms with van der Waals surface area (Å²) in [6.45, 7) is 4.00. The smallest absolute Gasteiger partial charge is 0.231 e. The summed E-state index contributed by atoms with van der Waals surface area (Å²) in [4.78, 5) is 16.7. The summed E-state index contributed by atoms with van der Waals surface area (Å²) < 4.78 is 8.28. The average molecular weight is 166 g/mol. The molecule has 6 heteroatoms. The highest BCUT2D eigenvalue weighted by Crippen LogP contribution is 1.23. The lowest BCUT2D eigenvalue weighted by Crippen LogP contribution is -1.16. The van der Waals surface area contributed by atoms with Crippen LogP contribution in [0.2, 0.25) is 0 Å². The van der Waals surface area contributed by atoms with Gasteiger partial charge < -0.3 is 4.57 Å². The standard InChI is InChI=1S/C2H6.2CHNO.H3OP/c1-2;2*2-1-3;1-2/h1-2H3;2*2H;2H3. The van der Waals surface area contributed by atoms with Crippen molar-refractivity contribution in [3.05, 3.63) is 0 Å². The monoisotopic (exact) mass is 166 g/mol. The van der Waals surface area contributed by atoms with Gasteiger partial charge in [0.15, 0.2) is 0 Å². The Morgan fingerprint density at radius 1 is 1.00 bits per heavy atom. The van der Waals surface area contributed by atoms with E-state index in [4.69, 9.17) is 25.0 Å². The molecule has 0 aliphatic rings. The van der Waals surface area contributed by atoms with Crippen molar-refractivity contribution >= 4 is 21.3 Å². The number of isocyanates is 2. The molecule has 60 valence electrons. The van der Waals surface area contributed by atoms with Crippen molar-refractivity contribution in [3.8, 4) is 0 Å². The maximum Gasteiger partial charge on any atom is 0.231 e. The molecule has 0 heterocycles. The van der Waals surface area contributed by atoms with Crippen LogP contribution in [0.15, 0.2) is 0 Å². The van der Waals surface area contributed by atoms with E-state index in [0.29, 0.717) is 9.12 Å². The molecule has 0 spiro atoms. The van der Waals surface area contributed by atoms with Gasteiger partial charge >= 0.3 is 0 Å². The van der Waals surface area contributed by atoms with Gasteiger partial charge in [0.05, 0.1) is 9.12 Å². The van der Waals surface area contributed by atoms with Crippen molar-refractivity contribution in [1.82, 2.24) is 0 Å². The second kappa shape index (κ2) is 398. The highest BCUT2D eigenvalue weighted by atomic mass is 31.0. The molecule has 0 bridgehead atoms. The Bertz CT molecular complexity index is 82.7. The number of hydrogen-bond acceptors (Lipinski definition) is 5. The van der Waals surface area contributed by atoms with Gasteiger partial charge in [-0.15, -0.1) is 0 Å². The van der Waals surface area contributed by atoms with E-state index in [1.807, 2.05) is 13.8 Å². The van der Waals surface area contributed by atoms with Gasteiger partial charge in [0.25, 0.3) is 0 Å². The summed E-state index contributed by atoms with van der Waals surface area (Å²) in [7, 11) is 0.611.